The van der Waals surface area contributed by atoms with Crippen molar-refractivity contribution < 1.29 is 75.7 Å². The third-order valence-electron chi connectivity index (χ3n) is 0. The summed E-state index contributed by atoms with van der Waals surface area (Å²) in [7, 11) is -5.17. The molecule has 0 rings (SSSR count). The van der Waals surface area contributed by atoms with Crippen molar-refractivity contribution in [2.24, 2.45) is 0 Å². The molecule has 7 heavy (non-hydrogen) atoms. The molecule has 0 fully saturated rings. The van der Waals surface area contributed by atoms with E-state index in [2.05, 4.69) is 0 Å². The Hall–Kier alpha value is 2.21. The fourth-order valence-corrected chi connectivity index (χ4v) is 0. The second kappa shape index (κ2) is 6.33. The molecule has 0 aliphatic rings. The third-order valence-corrected chi connectivity index (χ3v) is 0. The Kier molecular flexibility index (Phi) is 14.6. The Morgan fingerprint density at radius 3 is 1.14 bits per heavy atom. The van der Waals surface area contributed by atoms with Crippen LogP contribution in [-0.4, -0.2) is 34.9 Å². The summed E-state index contributed by atoms with van der Waals surface area (Å²) in [4.78, 5) is 0. The van der Waals surface area contributed by atoms with Gasteiger partial charge in [-0.1, -0.05) is 0 Å². The smallest absolute Gasteiger partial charge is 0.759 e. The first kappa shape index (κ1) is 16.1. The molecule has 0 spiro atoms. The second-order valence-corrected chi connectivity index (χ2v) is 1.22. The summed E-state index contributed by atoms with van der Waals surface area (Å²) in [5, 5.41) is 0. The average molecular weight is 209 g/mol. The van der Waals surface area contributed by atoms with Crippen molar-refractivity contribution in [3.63, 3.8) is 0 Å². The quantitative estimate of drug-likeness (QED) is 0.228. The van der Waals surface area contributed by atoms with Crippen molar-refractivity contribution in [2.75, 3.05) is 0 Å². The summed E-state index contributed by atoms with van der Waals surface area (Å²) in [6.07, 6.45) is 0. The van der Waals surface area contributed by atoms with Crippen molar-refractivity contribution in [1.82, 2.24) is 0 Å². The Bertz CT molecular complexity index is 94.9. The predicted molar refractivity (Wildman–Crippen MR) is 16.2 cm³/mol. The van der Waals surface area contributed by atoms with Gasteiger partial charge in [0.25, 0.3) is 0 Å². The first-order valence-electron chi connectivity index (χ1n) is 0.667. The minimum atomic E-state index is -5.17. The van der Waals surface area contributed by atoms with Crippen LogP contribution in [0, 0.1) is 0 Å². The van der Waals surface area contributed by atoms with E-state index in [1.54, 1.807) is 0 Å². The zero-order valence-corrected chi connectivity index (χ0v) is 10.5. The summed E-state index contributed by atoms with van der Waals surface area (Å²) >= 11 is 0. The second-order valence-electron chi connectivity index (χ2n) is 0.408. The number of hydrogen-bond donors (Lipinski definition) is 0. The summed E-state index contributed by atoms with van der Waals surface area (Å²) < 4.78 is 34.1. The fraction of sp³-hybridized carbons (Fsp3) is 0. The van der Waals surface area contributed by atoms with Crippen LogP contribution in [0.3, 0.4) is 0 Å². The number of hydrogen-bond acceptors (Lipinski definition) is 4. The molecule has 0 saturated heterocycles. The standard InChI is InChI=1S/Al.H2O4S.Rb/c;1-5(2,3)4;/h;(H2,1,2,3,4);/q+3;;+1/p-2. The Labute approximate surface area is 101 Å². The first-order chi connectivity index (χ1) is 2.00. The van der Waals surface area contributed by atoms with Crippen molar-refractivity contribution in [3.8, 4) is 0 Å². The number of rotatable bonds is 0. The fourth-order valence-electron chi connectivity index (χ4n) is 0. The molecule has 7 heteroatoms. The van der Waals surface area contributed by atoms with Gasteiger partial charge in [-0.05, 0) is 0 Å². The molecular formula is AlO4RbS+2. The molecule has 0 N–H and O–H groups in total. The first-order valence-corrected chi connectivity index (χ1v) is 2.00. The van der Waals surface area contributed by atoms with E-state index in [0.29, 0.717) is 0 Å². The zero-order valence-electron chi connectivity index (χ0n) is 3.62. The van der Waals surface area contributed by atoms with Gasteiger partial charge in [-0.2, -0.15) is 0 Å². The van der Waals surface area contributed by atoms with Crippen LogP contribution < -0.4 is 58.2 Å². The van der Waals surface area contributed by atoms with Crippen LogP contribution >= 0.6 is 0 Å². The molecular weight excluding hydrogens is 209 g/mol. The van der Waals surface area contributed by atoms with Gasteiger partial charge in [0.05, 0.1) is 0 Å². The van der Waals surface area contributed by atoms with Crippen LogP contribution in [0.1, 0.15) is 0 Å². The molecule has 0 amide bonds. The van der Waals surface area contributed by atoms with Crippen LogP contribution in [0.5, 0.6) is 0 Å². The Balaban J connectivity index is -0.0000000800. The molecule has 0 unspecified atom stereocenters. The zero-order chi connectivity index (χ0) is 4.50. The summed E-state index contributed by atoms with van der Waals surface area (Å²) in [5.41, 5.74) is 0. The maximum atomic E-state index is 8.52. The molecule has 0 atom stereocenters. The van der Waals surface area contributed by atoms with Gasteiger partial charge in [-0.3, -0.25) is 8.42 Å². The minimum Gasteiger partial charge on any atom is -0.759 e. The van der Waals surface area contributed by atoms with Crippen molar-refractivity contribution in [1.29, 1.82) is 0 Å². The molecule has 0 aliphatic carbocycles. The van der Waals surface area contributed by atoms with E-state index in [4.69, 9.17) is 17.5 Å². The average Bonchev–Trinajstić information content (AvgIpc) is 0.722. The van der Waals surface area contributed by atoms with Crippen molar-refractivity contribution in [2.45, 2.75) is 0 Å². The Morgan fingerprint density at radius 1 is 1.14 bits per heavy atom. The van der Waals surface area contributed by atoms with Gasteiger partial charge < -0.3 is 9.11 Å². The van der Waals surface area contributed by atoms with E-state index >= 15 is 0 Å². The monoisotopic (exact) mass is 208 g/mol. The molecule has 0 heterocycles. The summed E-state index contributed by atoms with van der Waals surface area (Å²) in [6, 6.07) is 0. The van der Waals surface area contributed by atoms with Crippen LogP contribution in [0.4, 0.5) is 0 Å². The molecule has 0 radical (unpaired) electrons. The van der Waals surface area contributed by atoms with Crippen molar-refractivity contribution in [3.05, 3.63) is 0 Å². The maximum Gasteiger partial charge on any atom is 3.00 e. The largest absolute Gasteiger partial charge is 3.00 e. The third kappa shape index (κ3) is 64.9. The van der Waals surface area contributed by atoms with E-state index in [1.165, 1.54) is 0 Å². The van der Waals surface area contributed by atoms with Crippen LogP contribution in [-0.2, 0) is 10.4 Å². The molecule has 0 aromatic carbocycles. The SMILES string of the molecule is O=S(=O)([O-])[O-].[Al+3].[Rb+]. The molecule has 0 bridgehead atoms. The normalized spacial score (nSPS) is 8.29. The molecule has 0 saturated carbocycles. The topological polar surface area (TPSA) is 80.3 Å². The van der Waals surface area contributed by atoms with Gasteiger partial charge in [0.1, 0.15) is 0 Å². The molecule has 0 aromatic heterocycles. The van der Waals surface area contributed by atoms with E-state index < -0.39 is 10.4 Å². The van der Waals surface area contributed by atoms with Crippen molar-refractivity contribution >= 4 is 27.8 Å². The summed E-state index contributed by atoms with van der Waals surface area (Å²) in [6.45, 7) is 0. The predicted octanol–water partition coefficient (Wildman–Crippen LogP) is -4.71. The van der Waals surface area contributed by atoms with Gasteiger partial charge in [-0.25, -0.2) is 0 Å². The van der Waals surface area contributed by atoms with Gasteiger partial charge in [0, 0.05) is 10.4 Å². The van der Waals surface area contributed by atoms with Crippen LogP contribution in [0.15, 0.2) is 0 Å². The van der Waals surface area contributed by atoms with Crippen LogP contribution in [0.25, 0.3) is 0 Å². The molecule has 0 aliphatic heterocycles. The molecule has 4 nitrogen and oxygen atoms in total. The summed E-state index contributed by atoms with van der Waals surface area (Å²) in [5.74, 6) is 0. The van der Waals surface area contributed by atoms with E-state index in [1.807, 2.05) is 0 Å². The van der Waals surface area contributed by atoms with Crippen LogP contribution in [0.2, 0.25) is 0 Å². The van der Waals surface area contributed by atoms with Gasteiger partial charge >= 0.3 is 75.5 Å². The van der Waals surface area contributed by atoms with Gasteiger partial charge in [0.2, 0.25) is 0 Å². The molecule has 32 valence electrons. The van der Waals surface area contributed by atoms with E-state index in [9.17, 15) is 0 Å². The van der Waals surface area contributed by atoms with E-state index in [-0.39, 0.29) is 75.5 Å². The van der Waals surface area contributed by atoms with Gasteiger partial charge in [0.15, 0.2) is 0 Å². The Morgan fingerprint density at radius 2 is 1.14 bits per heavy atom. The minimum absolute atomic E-state index is 0. The van der Waals surface area contributed by atoms with Gasteiger partial charge in [-0.15, -0.1) is 0 Å². The van der Waals surface area contributed by atoms with E-state index in [0.717, 1.165) is 0 Å². The molecule has 0 aromatic rings. The maximum absolute atomic E-state index is 8.52.